The Morgan fingerprint density at radius 1 is 1.10 bits per heavy atom. The predicted octanol–water partition coefficient (Wildman–Crippen LogP) is 5.24. The number of carboxylic acids is 1. The minimum atomic E-state index is -0.773. The van der Waals surface area contributed by atoms with Crippen LogP contribution in [0.2, 0.25) is 0 Å². The van der Waals surface area contributed by atoms with Gasteiger partial charge in [0.2, 0.25) is 0 Å². The summed E-state index contributed by atoms with van der Waals surface area (Å²) in [7, 11) is 0. The molecule has 0 aromatic heterocycles. The van der Waals surface area contributed by atoms with Crippen molar-refractivity contribution < 1.29 is 20.1 Å². The summed E-state index contributed by atoms with van der Waals surface area (Å²) >= 11 is 6.56. The lowest BCUT2D eigenvalue weighted by Crippen LogP contribution is -2.18. The molecule has 5 atom stereocenters. The third kappa shape index (κ3) is 6.67. The van der Waals surface area contributed by atoms with Crippen molar-refractivity contribution in [3.63, 3.8) is 0 Å². The van der Waals surface area contributed by atoms with E-state index in [0.29, 0.717) is 19.3 Å². The second-order valence-electron chi connectivity index (χ2n) is 8.37. The molecule has 1 aliphatic rings. The molecule has 2 aromatic rings. The van der Waals surface area contributed by atoms with Crippen molar-refractivity contribution in [3.05, 3.63) is 83.4 Å². The van der Waals surface area contributed by atoms with Gasteiger partial charge in [0.05, 0.1) is 12.2 Å². The van der Waals surface area contributed by atoms with E-state index in [4.69, 9.17) is 16.7 Å². The number of rotatable bonds is 10. The van der Waals surface area contributed by atoms with E-state index in [2.05, 4.69) is 6.08 Å². The quantitative estimate of drug-likeness (QED) is 0.267. The standard InChI is InChI=1S/C26H31ClO4/c27-22-17-24(29)26(21(22)10-6-1-2-7-11-25(30)31)20-14-12-19(13-15-20)23(28)16-18-8-4-3-5-9-18/h1,3-6,8-9,12-15,21-24,26,28-29H,2,7,10-11,16-17H2,(H,30,31)/b6-1-/t21-,22+,23?,24+,26+/m0/s1. The Balaban J connectivity index is 1.62. The van der Waals surface area contributed by atoms with Crippen LogP contribution in [0.3, 0.4) is 0 Å². The highest BCUT2D eigenvalue weighted by Crippen LogP contribution is 2.45. The number of carboxylic acid groups (broad SMARTS) is 1. The van der Waals surface area contributed by atoms with Crippen LogP contribution < -0.4 is 0 Å². The van der Waals surface area contributed by atoms with Gasteiger partial charge in [-0.05, 0) is 48.3 Å². The smallest absolute Gasteiger partial charge is 0.303 e. The van der Waals surface area contributed by atoms with Crippen molar-refractivity contribution in [2.45, 2.75) is 62.0 Å². The molecule has 0 bridgehead atoms. The van der Waals surface area contributed by atoms with Crippen LogP contribution in [-0.4, -0.2) is 32.8 Å². The van der Waals surface area contributed by atoms with Crippen LogP contribution in [-0.2, 0) is 11.2 Å². The first-order valence-corrected chi connectivity index (χ1v) is 11.4. The average Bonchev–Trinajstić information content (AvgIpc) is 3.04. The number of alkyl halides is 1. The molecule has 166 valence electrons. The summed E-state index contributed by atoms with van der Waals surface area (Å²) in [5.41, 5.74) is 2.98. The molecule has 0 radical (unpaired) electrons. The summed E-state index contributed by atoms with van der Waals surface area (Å²) in [6.45, 7) is 0. The van der Waals surface area contributed by atoms with Gasteiger partial charge in [0.15, 0.2) is 0 Å². The first kappa shape index (κ1) is 23.5. The number of aliphatic hydroxyl groups is 2. The van der Waals surface area contributed by atoms with E-state index in [0.717, 1.165) is 29.5 Å². The monoisotopic (exact) mass is 442 g/mol. The van der Waals surface area contributed by atoms with Gasteiger partial charge in [-0.3, -0.25) is 4.79 Å². The first-order valence-electron chi connectivity index (χ1n) is 11.0. The van der Waals surface area contributed by atoms with E-state index < -0.39 is 18.2 Å². The highest BCUT2D eigenvalue weighted by Gasteiger charge is 2.41. The van der Waals surface area contributed by atoms with Gasteiger partial charge in [-0.15, -0.1) is 11.6 Å². The Labute approximate surface area is 189 Å². The zero-order valence-electron chi connectivity index (χ0n) is 17.6. The third-order valence-corrected chi connectivity index (χ3v) is 6.62. The number of hydrogen-bond donors (Lipinski definition) is 3. The summed E-state index contributed by atoms with van der Waals surface area (Å²) in [6, 6.07) is 17.8. The Bertz CT molecular complexity index is 849. The summed E-state index contributed by atoms with van der Waals surface area (Å²) in [5.74, 6) is -0.704. The Kier molecular flexibility index (Phi) is 8.70. The molecule has 1 saturated carbocycles. The largest absolute Gasteiger partial charge is 0.481 e. The Morgan fingerprint density at radius 3 is 2.48 bits per heavy atom. The maximum absolute atomic E-state index is 10.6. The van der Waals surface area contributed by atoms with Crippen molar-refractivity contribution in [2.24, 2.45) is 5.92 Å². The molecule has 0 amide bonds. The minimum Gasteiger partial charge on any atom is -0.481 e. The molecule has 4 nitrogen and oxygen atoms in total. The summed E-state index contributed by atoms with van der Waals surface area (Å²) < 4.78 is 0. The summed E-state index contributed by atoms with van der Waals surface area (Å²) in [6.07, 6.45) is 6.41. The highest BCUT2D eigenvalue weighted by atomic mass is 35.5. The number of allylic oxidation sites excluding steroid dienone is 2. The number of hydrogen-bond acceptors (Lipinski definition) is 3. The van der Waals surface area contributed by atoms with Gasteiger partial charge in [-0.2, -0.15) is 0 Å². The molecule has 1 aliphatic carbocycles. The SMILES string of the molecule is O=C(O)CCC/C=C\C[C@@H]1[C@@H](c2ccc(C(O)Cc3ccccc3)cc2)[C@H](O)C[C@H]1Cl. The van der Waals surface area contributed by atoms with Crippen LogP contribution in [0.4, 0.5) is 0 Å². The van der Waals surface area contributed by atoms with E-state index >= 15 is 0 Å². The molecule has 2 aromatic carbocycles. The molecule has 0 heterocycles. The fourth-order valence-corrected chi connectivity index (χ4v) is 4.91. The van der Waals surface area contributed by atoms with E-state index in [1.807, 2.05) is 60.7 Å². The van der Waals surface area contributed by atoms with Gasteiger partial charge in [0.25, 0.3) is 0 Å². The first-order chi connectivity index (χ1) is 15.0. The van der Waals surface area contributed by atoms with Gasteiger partial charge in [-0.1, -0.05) is 66.7 Å². The number of carbonyl (C=O) groups is 1. The number of halogens is 1. The molecule has 0 saturated heterocycles. The van der Waals surface area contributed by atoms with Crippen molar-refractivity contribution >= 4 is 17.6 Å². The molecule has 1 fully saturated rings. The molecule has 0 spiro atoms. The van der Waals surface area contributed by atoms with E-state index in [1.165, 1.54) is 0 Å². The lowest BCUT2D eigenvalue weighted by atomic mass is 9.84. The fraction of sp³-hybridized carbons (Fsp3) is 0.423. The van der Waals surface area contributed by atoms with Crippen molar-refractivity contribution in [3.8, 4) is 0 Å². The minimum absolute atomic E-state index is 0.0496. The van der Waals surface area contributed by atoms with Crippen molar-refractivity contribution in [1.82, 2.24) is 0 Å². The molecule has 1 unspecified atom stereocenters. The van der Waals surface area contributed by atoms with Crippen LogP contribution in [0.25, 0.3) is 0 Å². The molecule has 3 N–H and O–H groups in total. The van der Waals surface area contributed by atoms with E-state index in [1.54, 1.807) is 0 Å². The molecule has 31 heavy (non-hydrogen) atoms. The topological polar surface area (TPSA) is 77.8 Å². The summed E-state index contributed by atoms with van der Waals surface area (Å²) in [4.78, 5) is 10.6. The Morgan fingerprint density at radius 2 is 1.81 bits per heavy atom. The van der Waals surface area contributed by atoms with Gasteiger partial charge >= 0.3 is 5.97 Å². The zero-order chi connectivity index (χ0) is 22.2. The second-order valence-corrected chi connectivity index (χ2v) is 8.93. The number of unbranched alkanes of at least 4 members (excludes halogenated alkanes) is 1. The molecular weight excluding hydrogens is 412 g/mol. The predicted molar refractivity (Wildman–Crippen MR) is 123 cm³/mol. The van der Waals surface area contributed by atoms with Gasteiger partial charge < -0.3 is 15.3 Å². The molecular formula is C26H31ClO4. The van der Waals surface area contributed by atoms with Gasteiger partial charge in [0.1, 0.15) is 0 Å². The van der Waals surface area contributed by atoms with Crippen LogP contribution in [0.5, 0.6) is 0 Å². The van der Waals surface area contributed by atoms with E-state index in [-0.39, 0.29) is 23.6 Å². The maximum atomic E-state index is 10.6. The maximum Gasteiger partial charge on any atom is 0.303 e. The van der Waals surface area contributed by atoms with Gasteiger partial charge in [-0.25, -0.2) is 0 Å². The van der Waals surface area contributed by atoms with E-state index in [9.17, 15) is 15.0 Å². The van der Waals surface area contributed by atoms with Crippen LogP contribution in [0, 0.1) is 5.92 Å². The second kappa shape index (κ2) is 11.5. The number of benzene rings is 2. The zero-order valence-corrected chi connectivity index (χ0v) is 18.4. The van der Waals surface area contributed by atoms with Crippen molar-refractivity contribution in [1.29, 1.82) is 0 Å². The lowest BCUT2D eigenvalue weighted by molar-refractivity contribution is -0.137. The van der Waals surface area contributed by atoms with Gasteiger partial charge in [0, 0.05) is 24.1 Å². The lowest BCUT2D eigenvalue weighted by Gasteiger charge is -2.23. The summed E-state index contributed by atoms with van der Waals surface area (Å²) in [5, 5.41) is 29.8. The number of aliphatic carboxylic acids is 1. The van der Waals surface area contributed by atoms with Crippen LogP contribution in [0.15, 0.2) is 66.7 Å². The van der Waals surface area contributed by atoms with Crippen LogP contribution >= 0.6 is 11.6 Å². The Hall–Kier alpha value is -2.14. The number of aliphatic hydroxyl groups excluding tert-OH is 2. The normalized spacial score (nSPS) is 24.5. The molecule has 3 rings (SSSR count). The highest BCUT2D eigenvalue weighted by molar-refractivity contribution is 6.21. The molecule has 0 aliphatic heterocycles. The average molecular weight is 443 g/mol. The van der Waals surface area contributed by atoms with Crippen molar-refractivity contribution in [2.75, 3.05) is 0 Å². The fourth-order valence-electron chi connectivity index (χ4n) is 4.46. The molecule has 5 heteroatoms. The van der Waals surface area contributed by atoms with Crippen LogP contribution in [0.1, 0.15) is 60.8 Å². The third-order valence-electron chi connectivity index (χ3n) is 6.12.